The van der Waals surface area contributed by atoms with Crippen molar-refractivity contribution in [2.24, 2.45) is 0 Å². The maximum absolute atomic E-state index is 11.6. The zero-order valence-corrected chi connectivity index (χ0v) is 10.6. The summed E-state index contributed by atoms with van der Waals surface area (Å²) in [6.45, 7) is 0.472. The van der Waals surface area contributed by atoms with E-state index >= 15 is 0 Å². The third-order valence-electron chi connectivity index (χ3n) is 1.93. The fourth-order valence-corrected chi connectivity index (χ4v) is 2.57. The summed E-state index contributed by atoms with van der Waals surface area (Å²) in [5, 5.41) is 11.1. The van der Waals surface area contributed by atoms with Gasteiger partial charge in [-0.15, -0.1) is 11.3 Å². The Bertz CT molecular complexity index is 391. The molecule has 0 aliphatic rings. The molecule has 16 heavy (non-hydrogen) atoms. The molecule has 0 aliphatic carbocycles. The molecule has 0 saturated heterocycles. The van der Waals surface area contributed by atoms with Crippen molar-refractivity contribution in [1.82, 2.24) is 14.0 Å². The maximum Gasteiger partial charge on any atom is 0.279 e. The first kappa shape index (κ1) is 13.5. The summed E-state index contributed by atoms with van der Waals surface area (Å²) in [6.07, 6.45) is 2.05. The molecule has 92 valence electrons. The third-order valence-corrected chi connectivity index (χ3v) is 4.22. The van der Waals surface area contributed by atoms with Gasteiger partial charge in [0, 0.05) is 31.8 Å². The Morgan fingerprint density at radius 1 is 1.62 bits per heavy atom. The summed E-state index contributed by atoms with van der Waals surface area (Å²) >= 11 is 1.40. The number of nitrogens with one attached hydrogen (secondary N) is 1. The summed E-state index contributed by atoms with van der Waals surface area (Å²) in [7, 11) is -2.00. The van der Waals surface area contributed by atoms with Crippen molar-refractivity contribution in [3.8, 4) is 0 Å². The van der Waals surface area contributed by atoms with Gasteiger partial charge >= 0.3 is 0 Å². The first-order chi connectivity index (χ1) is 7.56. The van der Waals surface area contributed by atoms with Crippen molar-refractivity contribution in [3.05, 3.63) is 16.6 Å². The molecular weight excluding hydrogens is 250 g/mol. The summed E-state index contributed by atoms with van der Waals surface area (Å²) in [5.74, 6) is 0. The molecular formula is C8H15N3O3S2. The van der Waals surface area contributed by atoms with E-state index in [9.17, 15) is 8.42 Å². The molecule has 0 aliphatic heterocycles. The highest BCUT2D eigenvalue weighted by molar-refractivity contribution is 7.87. The second-order valence-corrected chi connectivity index (χ2v) is 5.99. The van der Waals surface area contributed by atoms with E-state index in [2.05, 4.69) is 9.71 Å². The van der Waals surface area contributed by atoms with Crippen LogP contribution in [0.5, 0.6) is 0 Å². The number of hydrogen-bond donors (Lipinski definition) is 2. The highest BCUT2D eigenvalue weighted by Crippen LogP contribution is 2.04. The van der Waals surface area contributed by atoms with Crippen molar-refractivity contribution in [3.63, 3.8) is 0 Å². The van der Waals surface area contributed by atoms with Crippen LogP contribution in [-0.4, -0.2) is 43.0 Å². The van der Waals surface area contributed by atoms with Crippen molar-refractivity contribution in [2.45, 2.75) is 13.0 Å². The molecule has 0 aromatic carbocycles. The highest BCUT2D eigenvalue weighted by atomic mass is 32.2. The molecule has 8 heteroatoms. The van der Waals surface area contributed by atoms with Gasteiger partial charge in [0.25, 0.3) is 10.2 Å². The summed E-state index contributed by atoms with van der Waals surface area (Å²) in [5.41, 5.74) is 0. The van der Waals surface area contributed by atoms with Gasteiger partial charge in [0.2, 0.25) is 0 Å². The third kappa shape index (κ3) is 4.14. The van der Waals surface area contributed by atoms with E-state index in [4.69, 9.17) is 5.11 Å². The second kappa shape index (κ2) is 6.26. The van der Waals surface area contributed by atoms with Gasteiger partial charge in [-0.2, -0.15) is 17.4 Å². The van der Waals surface area contributed by atoms with E-state index < -0.39 is 10.2 Å². The van der Waals surface area contributed by atoms with Gasteiger partial charge in [0.15, 0.2) is 0 Å². The average Bonchev–Trinajstić information content (AvgIpc) is 2.76. The van der Waals surface area contributed by atoms with E-state index in [1.807, 2.05) is 0 Å². The van der Waals surface area contributed by atoms with Crippen molar-refractivity contribution in [2.75, 3.05) is 20.2 Å². The van der Waals surface area contributed by atoms with Gasteiger partial charge in [-0.3, -0.25) is 0 Å². The van der Waals surface area contributed by atoms with E-state index in [1.54, 1.807) is 11.6 Å². The van der Waals surface area contributed by atoms with E-state index in [-0.39, 0.29) is 13.2 Å². The summed E-state index contributed by atoms with van der Waals surface area (Å²) < 4.78 is 26.9. The lowest BCUT2D eigenvalue weighted by Crippen LogP contribution is -2.38. The van der Waals surface area contributed by atoms with Crippen LogP contribution in [-0.2, 0) is 16.8 Å². The van der Waals surface area contributed by atoms with Crippen LogP contribution in [0, 0.1) is 0 Å². The Balaban J connectivity index is 2.45. The normalized spacial score (nSPS) is 12.2. The quantitative estimate of drug-likeness (QED) is 0.715. The van der Waals surface area contributed by atoms with Crippen LogP contribution in [0.25, 0.3) is 0 Å². The fraction of sp³-hybridized carbons (Fsp3) is 0.625. The molecule has 1 heterocycles. The number of aliphatic hydroxyl groups is 1. The predicted octanol–water partition coefficient (Wildman–Crippen LogP) is -0.208. The van der Waals surface area contributed by atoms with Gasteiger partial charge < -0.3 is 5.11 Å². The maximum atomic E-state index is 11.6. The Hall–Kier alpha value is -0.540. The van der Waals surface area contributed by atoms with Crippen LogP contribution in [0.4, 0.5) is 0 Å². The second-order valence-electron chi connectivity index (χ2n) is 3.15. The SMILES string of the molecule is CN(CCCO)S(=O)(=O)NCc1nccs1. The van der Waals surface area contributed by atoms with Crippen LogP contribution in [0.15, 0.2) is 11.6 Å². The Morgan fingerprint density at radius 3 is 2.94 bits per heavy atom. The Morgan fingerprint density at radius 2 is 2.38 bits per heavy atom. The Labute approximate surface area is 99.1 Å². The number of hydrogen-bond acceptors (Lipinski definition) is 5. The molecule has 0 radical (unpaired) electrons. The molecule has 0 unspecified atom stereocenters. The number of thiazole rings is 1. The molecule has 2 N–H and O–H groups in total. The van der Waals surface area contributed by atoms with Crippen LogP contribution in [0.1, 0.15) is 11.4 Å². The average molecular weight is 265 g/mol. The lowest BCUT2D eigenvalue weighted by atomic mass is 10.5. The molecule has 0 bridgehead atoms. The minimum absolute atomic E-state index is 0.0215. The zero-order valence-electron chi connectivity index (χ0n) is 8.96. The van der Waals surface area contributed by atoms with Gasteiger partial charge in [-0.1, -0.05) is 0 Å². The first-order valence-electron chi connectivity index (χ1n) is 4.76. The van der Waals surface area contributed by atoms with Crippen LogP contribution >= 0.6 is 11.3 Å². The van der Waals surface area contributed by atoms with E-state index in [0.717, 1.165) is 5.01 Å². The van der Waals surface area contributed by atoms with Crippen LogP contribution < -0.4 is 4.72 Å². The van der Waals surface area contributed by atoms with Crippen LogP contribution in [0.2, 0.25) is 0 Å². The minimum atomic E-state index is -3.47. The molecule has 0 fully saturated rings. The van der Waals surface area contributed by atoms with Gasteiger partial charge in [0.1, 0.15) is 5.01 Å². The first-order valence-corrected chi connectivity index (χ1v) is 7.08. The zero-order chi connectivity index (χ0) is 12.0. The van der Waals surface area contributed by atoms with Crippen LogP contribution in [0.3, 0.4) is 0 Å². The van der Waals surface area contributed by atoms with Crippen molar-refractivity contribution in [1.29, 1.82) is 0 Å². The fourth-order valence-electron chi connectivity index (χ4n) is 1.02. The van der Waals surface area contributed by atoms with Gasteiger partial charge in [-0.25, -0.2) is 4.98 Å². The molecule has 0 atom stereocenters. The molecule has 0 amide bonds. The monoisotopic (exact) mass is 265 g/mol. The number of aromatic nitrogens is 1. The molecule has 0 saturated carbocycles. The largest absolute Gasteiger partial charge is 0.396 e. The lowest BCUT2D eigenvalue weighted by Gasteiger charge is -2.16. The lowest BCUT2D eigenvalue weighted by molar-refractivity contribution is 0.275. The number of rotatable bonds is 7. The smallest absolute Gasteiger partial charge is 0.279 e. The van der Waals surface area contributed by atoms with Gasteiger partial charge in [0.05, 0.1) is 6.54 Å². The summed E-state index contributed by atoms with van der Waals surface area (Å²) in [4.78, 5) is 3.97. The number of nitrogens with zero attached hydrogens (tertiary/aromatic N) is 2. The Kier molecular flexibility index (Phi) is 5.29. The molecule has 0 spiro atoms. The molecule has 1 rings (SSSR count). The number of aliphatic hydroxyl groups excluding tert-OH is 1. The van der Waals surface area contributed by atoms with Crippen molar-refractivity contribution < 1.29 is 13.5 Å². The highest BCUT2D eigenvalue weighted by Gasteiger charge is 2.16. The standard InChI is InChI=1S/C8H15N3O3S2/c1-11(4-2-5-12)16(13,14)10-7-8-9-3-6-15-8/h3,6,10,12H,2,4-5,7H2,1H3. The molecule has 6 nitrogen and oxygen atoms in total. The predicted molar refractivity (Wildman–Crippen MR) is 62.2 cm³/mol. The van der Waals surface area contributed by atoms with E-state index in [1.165, 1.54) is 22.7 Å². The van der Waals surface area contributed by atoms with Crippen molar-refractivity contribution >= 4 is 21.5 Å². The topological polar surface area (TPSA) is 82.5 Å². The van der Waals surface area contributed by atoms with E-state index in [0.29, 0.717) is 13.0 Å². The minimum Gasteiger partial charge on any atom is -0.396 e. The summed E-state index contributed by atoms with van der Waals surface area (Å²) in [6, 6.07) is 0. The molecule has 1 aromatic heterocycles. The van der Waals surface area contributed by atoms with Gasteiger partial charge in [-0.05, 0) is 6.42 Å². The molecule has 1 aromatic rings.